The zero-order valence-electron chi connectivity index (χ0n) is 8.21. The fraction of sp³-hybridized carbons (Fsp3) is 0.182. The van der Waals surface area contributed by atoms with Crippen molar-refractivity contribution in [1.29, 1.82) is 0 Å². The molecule has 0 atom stereocenters. The van der Waals surface area contributed by atoms with E-state index in [2.05, 4.69) is 11.8 Å². The highest BCUT2D eigenvalue weighted by Crippen LogP contribution is 2.16. The summed E-state index contributed by atoms with van der Waals surface area (Å²) in [6, 6.07) is 4.95. The number of methoxy groups -OCH3 is 1. The number of hydrogen-bond donors (Lipinski definition) is 1. The molecule has 0 aromatic heterocycles. The molecule has 0 aliphatic rings. The maximum atomic E-state index is 11.1. The van der Waals surface area contributed by atoms with Crippen LogP contribution in [-0.2, 0) is 0 Å². The molecule has 0 radical (unpaired) electrons. The number of benzene rings is 1. The van der Waals surface area contributed by atoms with E-state index in [-0.39, 0.29) is 5.88 Å². The minimum absolute atomic E-state index is 0.213. The molecule has 0 unspecified atom stereocenters. The Hall–Kier alpha value is -1.66. The molecule has 1 aromatic carbocycles. The molecule has 0 spiro atoms. The monoisotopic (exact) mass is 223 g/mol. The maximum Gasteiger partial charge on any atom is 0.250 e. The summed E-state index contributed by atoms with van der Waals surface area (Å²) >= 11 is 5.43. The van der Waals surface area contributed by atoms with Gasteiger partial charge in [-0.15, -0.1) is 11.6 Å². The lowest BCUT2D eigenvalue weighted by molar-refractivity contribution is 0.1000. The highest BCUT2D eigenvalue weighted by Gasteiger charge is 2.07. The van der Waals surface area contributed by atoms with E-state index in [1.165, 1.54) is 7.11 Å². The van der Waals surface area contributed by atoms with E-state index in [0.717, 1.165) is 0 Å². The van der Waals surface area contributed by atoms with Crippen LogP contribution in [0.2, 0.25) is 0 Å². The fourth-order valence-corrected chi connectivity index (χ4v) is 1.16. The summed E-state index contributed by atoms with van der Waals surface area (Å²) in [7, 11) is 1.52. The molecule has 78 valence electrons. The second-order valence-corrected chi connectivity index (χ2v) is 2.98. The Morgan fingerprint density at radius 1 is 1.60 bits per heavy atom. The third-order valence-corrected chi connectivity index (χ3v) is 1.92. The molecule has 1 rings (SSSR count). The molecule has 0 aliphatic heterocycles. The second-order valence-electron chi connectivity index (χ2n) is 2.71. The van der Waals surface area contributed by atoms with E-state index in [1.54, 1.807) is 18.2 Å². The van der Waals surface area contributed by atoms with Crippen molar-refractivity contribution >= 4 is 17.5 Å². The third kappa shape index (κ3) is 2.90. The predicted octanol–water partition coefficient (Wildman–Crippen LogP) is 1.38. The highest BCUT2D eigenvalue weighted by molar-refractivity contribution is 6.19. The van der Waals surface area contributed by atoms with Crippen molar-refractivity contribution in [1.82, 2.24) is 0 Å². The molecule has 0 bridgehead atoms. The molecule has 0 saturated heterocycles. The van der Waals surface area contributed by atoms with Crippen molar-refractivity contribution < 1.29 is 9.53 Å². The lowest BCUT2D eigenvalue weighted by Crippen LogP contribution is -2.13. The summed E-state index contributed by atoms with van der Waals surface area (Å²) in [4.78, 5) is 11.1. The SMILES string of the molecule is COc1ccc(C#CCCl)c(C(N)=O)c1. The molecule has 0 fully saturated rings. The van der Waals surface area contributed by atoms with E-state index in [9.17, 15) is 4.79 Å². The Balaban J connectivity index is 3.21. The first kappa shape index (κ1) is 11.4. The van der Waals surface area contributed by atoms with Crippen molar-refractivity contribution in [2.75, 3.05) is 13.0 Å². The van der Waals surface area contributed by atoms with E-state index in [4.69, 9.17) is 22.1 Å². The summed E-state index contributed by atoms with van der Waals surface area (Å²) in [5.41, 5.74) is 6.11. The van der Waals surface area contributed by atoms with Gasteiger partial charge in [0.25, 0.3) is 0 Å². The number of carbonyl (C=O) groups is 1. The average molecular weight is 224 g/mol. The van der Waals surface area contributed by atoms with Crippen LogP contribution in [0, 0.1) is 11.8 Å². The molecule has 0 heterocycles. The zero-order valence-corrected chi connectivity index (χ0v) is 8.97. The van der Waals surface area contributed by atoms with Crippen LogP contribution < -0.4 is 10.5 Å². The van der Waals surface area contributed by atoms with Crippen LogP contribution in [0.25, 0.3) is 0 Å². The topological polar surface area (TPSA) is 52.3 Å². The Bertz CT molecular complexity index is 432. The minimum Gasteiger partial charge on any atom is -0.497 e. The van der Waals surface area contributed by atoms with Gasteiger partial charge in [-0.25, -0.2) is 0 Å². The third-order valence-electron chi connectivity index (χ3n) is 1.78. The maximum absolute atomic E-state index is 11.1. The van der Waals surface area contributed by atoms with E-state index in [1.807, 2.05) is 0 Å². The van der Waals surface area contributed by atoms with Gasteiger partial charge in [0.05, 0.1) is 18.6 Å². The molecule has 2 N–H and O–H groups in total. The molecule has 4 heteroatoms. The highest BCUT2D eigenvalue weighted by atomic mass is 35.5. The van der Waals surface area contributed by atoms with Gasteiger partial charge in [0.2, 0.25) is 5.91 Å². The number of amides is 1. The van der Waals surface area contributed by atoms with Crippen LogP contribution in [0.5, 0.6) is 5.75 Å². The summed E-state index contributed by atoms with van der Waals surface area (Å²) in [5.74, 6) is 5.67. The minimum atomic E-state index is -0.534. The quantitative estimate of drug-likeness (QED) is 0.609. The Kier molecular flexibility index (Phi) is 4.02. The van der Waals surface area contributed by atoms with Crippen molar-refractivity contribution in [3.63, 3.8) is 0 Å². The van der Waals surface area contributed by atoms with E-state index < -0.39 is 5.91 Å². The molecule has 1 amide bonds. The molecule has 0 aliphatic carbocycles. The molecule has 3 nitrogen and oxygen atoms in total. The number of carbonyl (C=O) groups excluding carboxylic acids is 1. The van der Waals surface area contributed by atoms with Gasteiger partial charge in [-0.05, 0) is 18.2 Å². The van der Waals surface area contributed by atoms with Crippen LogP contribution in [0.15, 0.2) is 18.2 Å². The van der Waals surface area contributed by atoms with Crippen molar-refractivity contribution in [2.24, 2.45) is 5.73 Å². The van der Waals surface area contributed by atoms with Crippen molar-refractivity contribution in [3.05, 3.63) is 29.3 Å². The van der Waals surface area contributed by atoms with Crippen molar-refractivity contribution in [3.8, 4) is 17.6 Å². The first-order valence-corrected chi connectivity index (χ1v) is 4.75. The van der Waals surface area contributed by atoms with Gasteiger partial charge >= 0.3 is 0 Å². The van der Waals surface area contributed by atoms with Gasteiger partial charge in [0, 0.05) is 5.56 Å². The van der Waals surface area contributed by atoms with Crippen molar-refractivity contribution in [2.45, 2.75) is 0 Å². The van der Waals surface area contributed by atoms with Crippen LogP contribution in [-0.4, -0.2) is 18.9 Å². The summed E-state index contributed by atoms with van der Waals surface area (Å²) in [6.07, 6.45) is 0. The van der Waals surface area contributed by atoms with Gasteiger partial charge in [0.1, 0.15) is 5.75 Å². The Morgan fingerprint density at radius 3 is 2.87 bits per heavy atom. The van der Waals surface area contributed by atoms with Gasteiger partial charge in [0.15, 0.2) is 0 Å². The van der Waals surface area contributed by atoms with Gasteiger partial charge < -0.3 is 10.5 Å². The number of ether oxygens (including phenoxy) is 1. The van der Waals surface area contributed by atoms with Gasteiger partial charge in [-0.2, -0.15) is 0 Å². The Morgan fingerprint density at radius 2 is 2.33 bits per heavy atom. The summed E-state index contributed by atoms with van der Waals surface area (Å²) < 4.78 is 4.98. The molecule has 15 heavy (non-hydrogen) atoms. The first-order chi connectivity index (χ1) is 7.19. The number of halogens is 1. The second kappa shape index (κ2) is 5.28. The summed E-state index contributed by atoms with van der Waals surface area (Å²) in [6.45, 7) is 0. The van der Waals surface area contributed by atoms with Crippen LogP contribution in [0.1, 0.15) is 15.9 Å². The smallest absolute Gasteiger partial charge is 0.250 e. The standard InChI is InChI=1S/C11H10ClNO2/c1-15-9-5-4-8(3-2-6-12)10(7-9)11(13)14/h4-5,7H,6H2,1H3,(H2,13,14). The van der Waals surface area contributed by atoms with Crippen LogP contribution in [0.3, 0.4) is 0 Å². The zero-order chi connectivity index (χ0) is 11.3. The number of alkyl halides is 1. The molecule has 0 saturated carbocycles. The lowest BCUT2D eigenvalue weighted by atomic mass is 10.1. The van der Waals surface area contributed by atoms with E-state index in [0.29, 0.717) is 16.9 Å². The largest absolute Gasteiger partial charge is 0.497 e. The number of hydrogen-bond acceptors (Lipinski definition) is 2. The number of primary amides is 1. The van der Waals surface area contributed by atoms with Crippen LogP contribution >= 0.6 is 11.6 Å². The fourth-order valence-electron chi connectivity index (χ4n) is 1.09. The van der Waals surface area contributed by atoms with Crippen LogP contribution in [0.4, 0.5) is 0 Å². The summed E-state index contributed by atoms with van der Waals surface area (Å²) in [5, 5.41) is 0. The Labute approximate surface area is 93.2 Å². The van der Waals surface area contributed by atoms with E-state index >= 15 is 0 Å². The number of rotatable bonds is 2. The number of nitrogens with two attached hydrogens (primary N) is 1. The van der Waals surface area contributed by atoms with Gasteiger partial charge in [-0.3, -0.25) is 4.79 Å². The lowest BCUT2D eigenvalue weighted by Gasteiger charge is -2.03. The average Bonchev–Trinajstić information content (AvgIpc) is 2.26. The molecular formula is C11H10ClNO2. The normalized spacial score (nSPS) is 8.93. The predicted molar refractivity (Wildman–Crippen MR) is 59.1 cm³/mol. The van der Waals surface area contributed by atoms with Gasteiger partial charge in [-0.1, -0.05) is 11.8 Å². The first-order valence-electron chi connectivity index (χ1n) is 4.21. The molecular weight excluding hydrogens is 214 g/mol. The molecule has 1 aromatic rings.